The topological polar surface area (TPSA) is 49.4 Å². The SMILES string of the molecule is O=C(CCc1ccccc1)NC1CCN(c2ccc(F)cc2)C1=O. The summed E-state index contributed by atoms with van der Waals surface area (Å²) in [5.41, 5.74) is 1.75. The summed E-state index contributed by atoms with van der Waals surface area (Å²) in [6, 6.07) is 15.1. The Bertz CT molecular complexity index is 716. The van der Waals surface area contributed by atoms with E-state index in [4.69, 9.17) is 0 Å². The summed E-state index contributed by atoms with van der Waals surface area (Å²) in [5.74, 6) is -0.607. The minimum absolute atomic E-state index is 0.127. The molecule has 1 saturated heterocycles. The maximum atomic E-state index is 13.0. The molecule has 5 heteroatoms. The van der Waals surface area contributed by atoms with E-state index in [-0.39, 0.29) is 17.6 Å². The van der Waals surface area contributed by atoms with Crippen molar-refractivity contribution in [2.75, 3.05) is 11.4 Å². The highest BCUT2D eigenvalue weighted by atomic mass is 19.1. The minimum atomic E-state index is -0.502. The Morgan fingerprint density at radius 1 is 1.12 bits per heavy atom. The van der Waals surface area contributed by atoms with Gasteiger partial charge in [-0.1, -0.05) is 30.3 Å². The Morgan fingerprint density at radius 2 is 1.83 bits per heavy atom. The molecule has 2 amide bonds. The Morgan fingerprint density at radius 3 is 2.54 bits per heavy atom. The molecule has 0 radical (unpaired) electrons. The summed E-state index contributed by atoms with van der Waals surface area (Å²) in [6.45, 7) is 0.522. The highest BCUT2D eigenvalue weighted by Gasteiger charge is 2.33. The molecule has 0 bridgehead atoms. The summed E-state index contributed by atoms with van der Waals surface area (Å²) in [5, 5.41) is 2.81. The first-order chi connectivity index (χ1) is 11.6. The third-order valence-corrected chi connectivity index (χ3v) is 4.16. The van der Waals surface area contributed by atoms with E-state index in [1.807, 2.05) is 30.3 Å². The number of hydrogen-bond donors (Lipinski definition) is 1. The fourth-order valence-electron chi connectivity index (χ4n) is 2.86. The summed E-state index contributed by atoms with van der Waals surface area (Å²) in [7, 11) is 0. The summed E-state index contributed by atoms with van der Waals surface area (Å²) in [6.07, 6.45) is 1.56. The van der Waals surface area contributed by atoms with Crippen LogP contribution < -0.4 is 10.2 Å². The lowest BCUT2D eigenvalue weighted by molar-refractivity contribution is -0.126. The lowest BCUT2D eigenvalue weighted by Gasteiger charge is -2.17. The molecule has 24 heavy (non-hydrogen) atoms. The second kappa shape index (κ2) is 7.25. The van der Waals surface area contributed by atoms with Crippen LogP contribution in [0.1, 0.15) is 18.4 Å². The molecule has 2 aromatic carbocycles. The Hall–Kier alpha value is -2.69. The number of hydrogen-bond acceptors (Lipinski definition) is 2. The van der Waals surface area contributed by atoms with Gasteiger partial charge >= 0.3 is 0 Å². The lowest BCUT2D eigenvalue weighted by atomic mass is 10.1. The van der Waals surface area contributed by atoms with Gasteiger partial charge in [-0.15, -0.1) is 0 Å². The van der Waals surface area contributed by atoms with Crippen LogP contribution in [-0.4, -0.2) is 24.4 Å². The molecule has 0 spiro atoms. The van der Waals surface area contributed by atoms with Gasteiger partial charge in [-0.2, -0.15) is 0 Å². The van der Waals surface area contributed by atoms with Gasteiger partial charge in [-0.3, -0.25) is 9.59 Å². The standard InChI is InChI=1S/C19H19FN2O2/c20-15-7-9-16(10-8-15)22-13-12-17(19(22)24)21-18(23)11-6-14-4-2-1-3-5-14/h1-5,7-10,17H,6,11-13H2,(H,21,23). The van der Waals surface area contributed by atoms with E-state index in [1.54, 1.807) is 17.0 Å². The van der Waals surface area contributed by atoms with Gasteiger partial charge in [0.1, 0.15) is 11.9 Å². The molecular formula is C19H19FN2O2. The van der Waals surface area contributed by atoms with Gasteiger partial charge in [0.25, 0.3) is 0 Å². The third-order valence-electron chi connectivity index (χ3n) is 4.16. The van der Waals surface area contributed by atoms with Crippen LogP contribution in [0.25, 0.3) is 0 Å². The third kappa shape index (κ3) is 3.79. The number of nitrogens with one attached hydrogen (secondary N) is 1. The van der Waals surface area contributed by atoms with Crippen LogP contribution >= 0.6 is 0 Å². The van der Waals surface area contributed by atoms with Gasteiger partial charge in [0.2, 0.25) is 11.8 Å². The van der Waals surface area contributed by atoms with E-state index in [1.165, 1.54) is 12.1 Å². The van der Waals surface area contributed by atoms with Crippen molar-refractivity contribution in [2.45, 2.75) is 25.3 Å². The molecule has 1 fully saturated rings. The Kier molecular flexibility index (Phi) is 4.89. The summed E-state index contributed by atoms with van der Waals surface area (Å²) < 4.78 is 13.0. The predicted molar refractivity (Wildman–Crippen MR) is 90.1 cm³/mol. The van der Waals surface area contributed by atoms with Crippen LogP contribution in [0.4, 0.5) is 10.1 Å². The van der Waals surface area contributed by atoms with Gasteiger partial charge < -0.3 is 10.2 Å². The fourth-order valence-corrected chi connectivity index (χ4v) is 2.86. The number of amides is 2. The molecule has 1 aliphatic rings. The molecule has 1 aliphatic heterocycles. The van der Waals surface area contributed by atoms with Crippen molar-refractivity contribution >= 4 is 17.5 Å². The molecule has 3 rings (SSSR count). The summed E-state index contributed by atoms with van der Waals surface area (Å²) >= 11 is 0. The van der Waals surface area contributed by atoms with Crippen LogP contribution in [-0.2, 0) is 16.0 Å². The van der Waals surface area contributed by atoms with E-state index in [2.05, 4.69) is 5.32 Å². The van der Waals surface area contributed by atoms with Crippen LogP contribution in [0, 0.1) is 5.82 Å². The van der Waals surface area contributed by atoms with Crippen LogP contribution in [0.3, 0.4) is 0 Å². The first-order valence-corrected chi connectivity index (χ1v) is 8.04. The van der Waals surface area contributed by atoms with E-state index < -0.39 is 6.04 Å². The number of benzene rings is 2. The van der Waals surface area contributed by atoms with Gasteiger partial charge in [0.15, 0.2) is 0 Å². The maximum Gasteiger partial charge on any atom is 0.249 e. The van der Waals surface area contributed by atoms with Crippen LogP contribution in [0.5, 0.6) is 0 Å². The average molecular weight is 326 g/mol. The number of halogens is 1. The number of anilines is 1. The zero-order valence-electron chi connectivity index (χ0n) is 13.2. The van der Waals surface area contributed by atoms with Crippen molar-refractivity contribution in [1.82, 2.24) is 5.32 Å². The van der Waals surface area contributed by atoms with Gasteiger partial charge in [0.05, 0.1) is 0 Å². The molecule has 0 aliphatic carbocycles. The smallest absolute Gasteiger partial charge is 0.249 e. The van der Waals surface area contributed by atoms with E-state index >= 15 is 0 Å². The van der Waals surface area contributed by atoms with Crippen LogP contribution in [0.2, 0.25) is 0 Å². The summed E-state index contributed by atoms with van der Waals surface area (Å²) in [4.78, 5) is 26.1. The molecule has 4 nitrogen and oxygen atoms in total. The maximum absolute atomic E-state index is 13.0. The zero-order valence-corrected chi connectivity index (χ0v) is 13.2. The highest BCUT2D eigenvalue weighted by molar-refractivity contribution is 6.01. The first kappa shape index (κ1) is 16.2. The van der Waals surface area contributed by atoms with Crippen molar-refractivity contribution in [2.24, 2.45) is 0 Å². The van der Waals surface area contributed by atoms with Gasteiger partial charge in [-0.25, -0.2) is 4.39 Å². The number of rotatable bonds is 5. The second-order valence-corrected chi connectivity index (χ2v) is 5.86. The molecular weight excluding hydrogens is 307 g/mol. The molecule has 0 aromatic heterocycles. The van der Waals surface area contributed by atoms with Gasteiger partial charge in [-0.05, 0) is 42.7 Å². The number of nitrogens with zero attached hydrogens (tertiary/aromatic N) is 1. The molecule has 124 valence electrons. The molecule has 1 heterocycles. The molecule has 1 atom stereocenters. The van der Waals surface area contributed by atoms with Crippen molar-refractivity contribution in [1.29, 1.82) is 0 Å². The Balaban J connectivity index is 1.53. The van der Waals surface area contributed by atoms with E-state index in [9.17, 15) is 14.0 Å². The number of aryl methyl sites for hydroxylation is 1. The average Bonchev–Trinajstić information content (AvgIpc) is 2.95. The molecule has 0 saturated carbocycles. The zero-order chi connectivity index (χ0) is 16.9. The molecule has 1 N–H and O–H groups in total. The van der Waals surface area contributed by atoms with Crippen molar-refractivity contribution in [3.05, 3.63) is 66.0 Å². The van der Waals surface area contributed by atoms with E-state index in [0.29, 0.717) is 31.5 Å². The van der Waals surface area contributed by atoms with Crippen molar-refractivity contribution in [3.63, 3.8) is 0 Å². The van der Waals surface area contributed by atoms with E-state index in [0.717, 1.165) is 5.56 Å². The fraction of sp³-hybridized carbons (Fsp3) is 0.263. The van der Waals surface area contributed by atoms with Crippen molar-refractivity contribution in [3.8, 4) is 0 Å². The number of carbonyl (C=O) groups excluding carboxylic acids is 2. The molecule has 2 aromatic rings. The quantitative estimate of drug-likeness (QED) is 0.918. The largest absolute Gasteiger partial charge is 0.344 e. The van der Waals surface area contributed by atoms with Gasteiger partial charge in [0, 0.05) is 18.7 Å². The second-order valence-electron chi connectivity index (χ2n) is 5.86. The monoisotopic (exact) mass is 326 g/mol. The normalized spacial score (nSPS) is 17.1. The van der Waals surface area contributed by atoms with Crippen LogP contribution in [0.15, 0.2) is 54.6 Å². The van der Waals surface area contributed by atoms with Crippen molar-refractivity contribution < 1.29 is 14.0 Å². The predicted octanol–water partition coefficient (Wildman–Crippen LogP) is 2.68. The molecule has 1 unspecified atom stereocenters. The number of carbonyl (C=O) groups is 2. The minimum Gasteiger partial charge on any atom is -0.344 e. The first-order valence-electron chi connectivity index (χ1n) is 8.04. The Labute approximate surface area is 140 Å². The lowest BCUT2D eigenvalue weighted by Crippen LogP contribution is -2.41. The highest BCUT2D eigenvalue weighted by Crippen LogP contribution is 2.22.